The molecule has 0 aliphatic carbocycles. The molecule has 2 N–H and O–H groups in total. The number of aliphatic hydroxyl groups is 1. The van der Waals surface area contributed by atoms with Gasteiger partial charge in [-0.15, -0.1) is 0 Å². The van der Waals surface area contributed by atoms with Crippen molar-refractivity contribution >= 4 is 12.0 Å². The largest absolute Gasteiger partial charge is 0.392 e. The molecule has 0 atom stereocenters. The van der Waals surface area contributed by atoms with E-state index in [1.165, 1.54) is 6.08 Å². The van der Waals surface area contributed by atoms with E-state index in [0.717, 1.165) is 29.8 Å². The topological polar surface area (TPSA) is 67.2 Å². The first-order valence-corrected chi connectivity index (χ1v) is 7.39. The summed E-state index contributed by atoms with van der Waals surface area (Å²) in [7, 11) is 0. The number of aliphatic hydroxyl groups excluding tert-OH is 1. The van der Waals surface area contributed by atoms with Crippen molar-refractivity contribution in [3.05, 3.63) is 59.4 Å². The van der Waals surface area contributed by atoms with E-state index in [9.17, 15) is 4.79 Å². The standard InChI is InChI=1S/C17H21N3O2/c1-2-20-16(10-12-19-20)7-8-17(22)18-11-9-14-3-5-15(13-21)6-4-14/h3-8,10,12,21H,2,9,11,13H2,1H3,(H,18,22)/b8-7+. The molecule has 0 bridgehead atoms. The summed E-state index contributed by atoms with van der Waals surface area (Å²) >= 11 is 0. The van der Waals surface area contributed by atoms with Gasteiger partial charge in [-0.2, -0.15) is 5.10 Å². The van der Waals surface area contributed by atoms with Gasteiger partial charge in [0.1, 0.15) is 0 Å². The van der Waals surface area contributed by atoms with E-state index in [1.807, 2.05) is 41.9 Å². The number of rotatable bonds is 7. The molecule has 0 aliphatic rings. The molecule has 1 aromatic carbocycles. The Morgan fingerprint density at radius 2 is 2.00 bits per heavy atom. The summed E-state index contributed by atoms with van der Waals surface area (Å²) in [5, 5.41) is 16.0. The lowest BCUT2D eigenvalue weighted by Gasteiger charge is -2.04. The molecule has 0 saturated carbocycles. The van der Waals surface area contributed by atoms with Crippen LogP contribution in [0.3, 0.4) is 0 Å². The number of benzene rings is 1. The van der Waals surface area contributed by atoms with Crippen molar-refractivity contribution in [2.24, 2.45) is 0 Å². The van der Waals surface area contributed by atoms with E-state index in [2.05, 4.69) is 10.4 Å². The first-order chi connectivity index (χ1) is 10.7. The minimum atomic E-state index is -0.115. The molecule has 0 spiro atoms. The molecule has 5 heteroatoms. The monoisotopic (exact) mass is 299 g/mol. The van der Waals surface area contributed by atoms with Crippen molar-refractivity contribution in [2.75, 3.05) is 6.54 Å². The maximum absolute atomic E-state index is 11.8. The molecule has 5 nitrogen and oxygen atoms in total. The van der Waals surface area contributed by atoms with Crippen LogP contribution in [0.15, 0.2) is 42.6 Å². The fraction of sp³-hybridized carbons (Fsp3) is 0.294. The van der Waals surface area contributed by atoms with Gasteiger partial charge in [-0.05, 0) is 36.6 Å². The van der Waals surface area contributed by atoms with E-state index < -0.39 is 0 Å². The highest BCUT2D eigenvalue weighted by molar-refractivity contribution is 5.91. The summed E-state index contributed by atoms with van der Waals surface area (Å²) < 4.78 is 1.83. The third-order valence-corrected chi connectivity index (χ3v) is 3.37. The summed E-state index contributed by atoms with van der Waals surface area (Å²) in [6.07, 6.45) is 5.77. The number of amides is 1. The molecule has 22 heavy (non-hydrogen) atoms. The number of aryl methyl sites for hydroxylation is 1. The molecule has 0 fully saturated rings. The van der Waals surface area contributed by atoms with E-state index >= 15 is 0 Å². The van der Waals surface area contributed by atoms with Crippen LogP contribution in [0.4, 0.5) is 0 Å². The molecular formula is C17H21N3O2. The second-order valence-electron chi connectivity index (χ2n) is 4.92. The minimum absolute atomic E-state index is 0.0517. The first kappa shape index (κ1) is 16.0. The van der Waals surface area contributed by atoms with Gasteiger partial charge < -0.3 is 10.4 Å². The summed E-state index contributed by atoms with van der Waals surface area (Å²) in [6.45, 7) is 3.41. The van der Waals surface area contributed by atoms with Crippen LogP contribution in [0.25, 0.3) is 6.08 Å². The Balaban J connectivity index is 1.77. The lowest BCUT2D eigenvalue weighted by Crippen LogP contribution is -2.23. The molecule has 0 aliphatic heterocycles. The maximum Gasteiger partial charge on any atom is 0.244 e. The lowest BCUT2D eigenvalue weighted by molar-refractivity contribution is -0.116. The zero-order valence-electron chi connectivity index (χ0n) is 12.7. The highest BCUT2D eigenvalue weighted by Crippen LogP contribution is 2.05. The third-order valence-electron chi connectivity index (χ3n) is 3.37. The van der Waals surface area contributed by atoms with Gasteiger partial charge in [-0.1, -0.05) is 24.3 Å². The van der Waals surface area contributed by atoms with E-state index in [0.29, 0.717) is 6.54 Å². The second-order valence-corrected chi connectivity index (χ2v) is 4.92. The molecule has 0 unspecified atom stereocenters. The van der Waals surface area contributed by atoms with Crippen LogP contribution in [0.2, 0.25) is 0 Å². The smallest absolute Gasteiger partial charge is 0.244 e. The lowest BCUT2D eigenvalue weighted by atomic mass is 10.1. The predicted octanol–water partition coefficient (Wildman–Crippen LogP) is 1.77. The number of nitrogens with one attached hydrogen (secondary N) is 1. The van der Waals surface area contributed by atoms with Crippen molar-refractivity contribution in [1.29, 1.82) is 0 Å². The molecule has 0 radical (unpaired) electrons. The Morgan fingerprint density at radius 3 is 2.68 bits per heavy atom. The summed E-state index contributed by atoms with van der Waals surface area (Å²) in [6, 6.07) is 9.59. The SMILES string of the molecule is CCn1nccc1/C=C/C(=O)NCCc1ccc(CO)cc1. The molecule has 1 aromatic heterocycles. The van der Waals surface area contributed by atoms with Crippen molar-refractivity contribution in [2.45, 2.75) is 26.5 Å². The third kappa shape index (κ3) is 4.56. The minimum Gasteiger partial charge on any atom is -0.392 e. The molecular weight excluding hydrogens is 278 g/mol. The van der Waals surface area contributed by atoms with Crippen molar-refractivity contribution < 1.29 is 9.90 Å². The number of hydrogen-bond donors (Lipinski definition) is 2. The van der Waals surface area contributed by atoms with Gasteiger partial charge >= 0.3 is 0 Å². The van der Waals surface area contributed by atoms with Crippen molar-refractivity contribution in [1.82, 2.24) is 15.1 Å². The number of carbonyl (C=O) groups excluding carboxylic acids is 1. The Hall–Kier alpha value is -2.40. The number of carbonyl (C=O) groups is 1. The molecule has 0 saturated heterocycles. The zero-order valence-corrected chi connectivity index (χ0v) is 12.7. The number of hydrogen-bond acceptors (Lipinski definition) is 3. The van der Waals surface area contributed by atoms with Gasteiger partial charge in [0, 0.05) is 25.4 Å². The predicted molar refractivity (Wildman–Crippen MR) is 86.0 cm³/mol. The maximum atomic E-state index is 11.8. The van der Waals surface area contributed by atoms with Crippen LogP contribution in [0.5, 0.6) is 0 Å². The number of aromatic nitrogens is 2. The Kier molecular flexibility index (Phi) is 5.91. The van der Waals surface area contributed by atoms with Gasteiger partial charge in [0.05, 0.1) is 12.3 Å². The van der Waals surface area contributed by atoms with Crippen LogP contribution in [0, 0.1) is 0 Å². The molecule has 1 heterocycles. The van der Waals surface area contributed by atoms with Gasteiger partial charge in [-0.25, -0.2) is 0 Å². The van der Waals surface area contributed by atoms with E-state index in [-0.39, 0.29) is 12.5 Å². The molecule has 1 amide bonds. The average Bonchev–Trinajstić information content (AvgIpc) is 3.01. The number of nitrogens with zero attached hydrogens (tertiary/aromatic N) is 2. The second kappa shape index (κ2) is 8.14. The molecule has 2 aromatic rings. The van der Waals surface area contributed by atoms with E-state index in [1.54, 1.807) is 12.3 Å². The van der Waals surface area contributed by atoms with Gasteiger partial charge in [0.25, 0.3) is 0 Å². The van der Waals surface area contributed by atoms with E-state index in [4.69, 9.17) is 5.11 Å². The summed E-state index contributed by atoms with van der Waals surface area (Å²) in [5.74, 6) is -0.115. The molecule has 116 valence electrons. The molecule has 2 rings (SSSR count). The average molecular weight is 299 g/mol. The van der Waals surface area contributed by atoms with Gasteiger partial charge in [0.15, 0.2) is 0 Å². The first-order valence-electron chi connectivity index (χ1n) is 7.39. The highest BCUT2D eigenvalue weighted by atomic mass is 16.3. The van der Waals surface area contributed by atoms with Crippen LogP contribution in [-0.4, -0.2) is 27.3 Å². The normalized spacial score (nSPS) is 11.0. The van der Waals surface area contributed by atoms with Gasteiger partial charge in [-0.3, -0.25) is 9.48 Å². The van der Waals surface area contributed by atoms with Crippen LogP contribution >= 0.6 is 0 Å². The Morgan fingerprint density at radius 1 is 1.27 bits per heavy atom. The summed E-state index contributed by atoms with van der Waals surface area (Å²) in [5.41, 5.74) is 2.94. The van der Waals surface area contributed by atoms with Gasteiger partial charge in [0.2, 0.25) is 5.91 Å². The van der Waals surface area contributed by atoms with Crippen LogP contribution in [-0.2, 0) is 24.4 Å². The zero-order chi connectivity index (χ0) is 15.8. The van der Waals surface area contributed by atoms with Crippen LogP contribution < -0.4 is 5.32 Å². The van der Waals surface area contributed by atoms with Crippen LogP contribution in [0.1, 0.15) is 23.7 Å². The summed E-state index contributed by atoms with van der Waals surface area (Å²) in [4.78, 5) is 11.8. The Labute approximate surface area is 130 Å². The Bertz CT molecular complexity index is 630. The van der Waals surface area contributed by atoms with Crippen molar-refractivity contribution in [3.63, 3.8) is 0 Å². The van der Waals surface area contributed by atoms with Crippen molar-refractivity contribution in [3.8, 4) is 0 Å². The fourth-order valence-electron chi connectivity index (χ4n) is 2.11. The highest BCUT2D eigenvalue weighted by Gasteiger charge is 1.99. The fourth-order valence-corrected chi connectivity index (χ4v) is 2.11. The quantitative estimate of drug-likeness (QED) is 0.766.